The van der Waals surface area contributed by atoms with Gasteiger partial charge in [0.25, 0.3) is 0 Å². The van der Waals surface area contributed by atoms with Gasteiger partial charge in [-0.15, -0.1) is 0 Å². The lowest BCUT2D eigenvalue weighted by Gasteiger charge is -2.08. The van der Waals surface area contributed by atoms with E-state index in [1.807, 2.05) is 4.72 Å². The van der Waals surface area contributed by atoms with Crippen LogP contribution in [0, 0.1) is 0 Å². The molecule has 0 spiro atoms. The Labute approximate surface area is 127 Å². The van der Waals surface area contributed by atoms with Gasteiger partial charge in [0.2, 0.25) is 10.0 Å². The van der Waals surface area contributed by atoms with E-state index in [1.54, 1.807) is 12.3 Å². The van der Waals surface area contributed by atoms with E-state index in [2.05, 4.69) is 4.98 Å². The van der Waals surface area contributed by atoms with Crippen LogP contribution in [0.2, 0.25) is 0 Å². The van der Waals surface area contributed by atoms with Gasteiger partial charge < -0.3 is 9.88 Å². The molecule has 0 bridgehead atoms. The molecule has 0 atom stereocenters. The molecular weight excluding hydrogens is 274 g/mol. The van der Waals surface area contributed by atoms with Gasteiger partial charge in [-0.2, -0.15) is 0 Å². The fourth-order valence-corrected chi connectivity index (χ4v) is 2.48. The van der Waals surface area contributed by atoms with Gasteiger partial charge in [-0.1, -0.05) is 6.07 Å². The monoisotopic (exact) mass is 300 g/mol. The summed E-state index contributed by atoms with van der Waals surface area (Å²) in [7, 11) is -1.50. The number of sulfonamides is 1. The first-order valence-electron chi connectivity index (χ1n) is 8.65. The number of H-pyrrole nitrogens is 1. The number of nitrogens with one attached hydrogen (secondary N) is 2. The van der Waals surface area contributed by atoms with Crippen LogP contribution in [0.1, 0.15) is 18.0 Å². The molecule has 0 aliphatic carbocycles. The number of benzene rings is 1. The number of nitrogens with zero attached hydrogens (tertiary/aromatic N) is 1. The minimum Gasteiger partial charge on any atom is -0.361 e. The molecule has 0 radical (unpaired) electrons. The Morgan fingerprint density at radius 2 is 2.30 bits per heavy atom. The van der Waals surface area contributed by atoms with E-state index in [-0.39, 0.29) is 12.1 Å². The Hall–Kier alpha value is -1.37. The maximum Gasteiger partial charge on any atom is 0.215 e. The Kier molecular flexibility index (Phi) is 2.84. The zero-order valence-electron chi connectivity index (χ0n) is 16.4. The summed E-state index contributed by atoms with van der Waals surface area (Å²) in [6, 6.07) is 4.53. The molecule has 1 aromatic heterocycles. The predicted octanol–water partition coefficient (Wildman–Crippen LogP) is 1.32. The van der Waals surface area contributed by atoms with Crippen molar-refractivity contribution in [2.45, 2.75) is 12.1 Å². The van der Waals surface area contributed by atoms with Crippen LogP contribution in [0.25, 0.3) is 10.9 Å². The maximum atomic E-state index is 11.9. The van der Waals surface area contributed by atoms with Crippen molar-refractivity contribution in [3.63, 3.8) is 0 Å². The highest BCUT2D eigenvalue weighted by molar-refractivity contribution is 7.88. The van der Waals surface area contributed by atoms with E-state index in [0.717, 1.165) is 18.1 Å². The third-order valence-electron chi connectivity index (χ3n) is 3.00. The first-order chi connectivity index (χ1) is 11.4. The summed E-state index contributed by atoms with van der Waals surface area (Å²) < 4.78 is 63.9. The fourth-order valence-electron chi connectivity index (χ4n) is 1.94. The van der Waals surface area contributed by atoms with E-state index < -0.39 is 22.7 Å². The first kappa shape index (κ1) is 9.55. The largest absolute Gasteiger partial charge is 0.361 e. The highest BCUT2D eigenvalue weighted by atomic mass is 32.2. The summed E-state index contributed by atoms with van der Waals surface area (Å²) in [5.41, 5.74) is -1.04. The average Bonchev–Trinajstić information content (AvgIpc) is 2.93. The maximum absolute atomic E-state index is 11.9. The van der Waals surface area contributed by atoms with Crippen molar-refractivity contribution >= 4 is 20.9 Å². The molecule has 0 aliphatic rings. The fraction of sp³-hybridized carbons (Fsp3) is 0.429. The van der Waals surface area contributed by atoms with Crippen molar-refractivity contribution in [1.82, 2.24) is 14.6 Å². The molecule has 110 valence electrons. The summed E-state index contributed by atoms with van der Waals surface area (Å²) in [6.45, 7) is -1.90. The number of hydrogen-bond donors (Lipinski definition) is 2. The number of aromatic nitrogens is 1. The molecule has 1 aromatic carbocycles. The first-order valence-corrected chi connectivity index (χ1v) is 7.63. The van der Waals surface area contributed by atoms with Crippen molar-refractivity contribution in [3.8, 4) is 0 Å². The zero-order chi connectivity index (χ0) is 19.0. The highest BCUT2D eigenvalue weighted by Gasteiger charge is 2.11. The van der Waals surface area contributed by atoms with E-state index in [9.17, 15) is 8.42 Å². The minimum absolute atomic E-state index is 0.0133. The molecule has 5 nitrogen and oxygen atoms in total. The summed E-state index contributed by atoms with van der Waals surface area (Å²) in [6.07, 6.45) is 2.16. The number of rotatable bonds is 6. The Morgan fingerprint density at radius 3 is 3.00 bits per heavy atom. The third-order valence-corrected chi connectivity index (χ3v) is 4.05. The summed E-state index contributed by atoms with van der Waals surface area (Å²) in [5.74, 6) is 0. The highest BCUT2D eigenvalue weighted by Crippen LogP contribution is 2.21. The molecular formula is C14H21N3O2S. The molecule has 0 fully saturated rings. The van der Waals surface area contributed by atoms with Gasteiger partial charge in [-0.25, -0.2) is 13.1 Å². The van der Waals surface area contributed by atoms with Crippen LogP contribution in [0.3, 0.4) is 0 Å². The van der Waals surface area contributed by atoms with Gasteiger partial charge in [-0.05, 0) is 50.8 Å². The minimum atomic E-state index is -4.17. The van der Waals surface area contributed by atoms with Crippen LogP contribution in [0.15, 0.2) is 24.4 Å². The van der Waals surface area contributed by atoms with Crippen molar-refractivity contribution in [2.75, 3.05) is 27.6 Å². The topological polar surface area (TPSA) is 65.2 Å². The second-order valence-corrected chi connectivity index (χ2v) is 6.17. The van der Waals surface area contributed by atoms with Gasteiger partial charge >= 0.3 is 0 Å². The molecule has 2 rings (SSSR count). The molecule has 0 saturated heterocycles. The standard InChI is InChI=1S/C14H21N3O2S/c1-15-20(18,19)10-11-4-5-14-13(8-11)12(9-16-14)6-7-17(2)3/h4-5,8-9,15-16H,6-7,10H2,1-3H3/i2D3,10D2. The molecule has 0 aliphatic heterocycles. The Bertz CT molecular complexity index is 861. The van der Waals surface area contributed by atoms with Crippen LogP contribution in [-0.4, -0.2) is 45.9 Å². The second-order valence-electron chi connectivity index (χ2n) is 4.56. The summed E-state index contributed by atoms with van der Waals surface area (Å²) >= 11 is 0. The van der Waals surface area contributed by atoms with Crippen molar-refractivity contribution < 1.29 is 15.3 Å². The molecule has 0 unspecified atom stereocenters. The molecule has 2 N–H and O–H groups in total. The van der Waals surface area contributed by atoms with Gasteiger partial charge in [0.15, 0.2) is 0 Å². The Morgan fingerprint density at radius 1 is 1.50 bits per heavy atom. The van der Waals surface area contributed by atoms with Crippen LogP contribution < -0.4 is 4.72 Å². The summed E-state index contributed by atoms with van der Waals surface area (Å²) in [5, 5.41) is 0.673. The van der Waals surface area contributed by atoms with E-state index in [0.29, 0.717) is 11.8 Å². The van der Waals surface area contributed by atoms with Crippen LogP contribution >= 0.6 is 0 Å². The van der Waals surface area contributed by atoms with Crippen molar-refractivity contribution in [2.24, 2.45) is 0 Å². The van der Waals surface area contributed by atoms with Crippen molar-refractivity contribution in [1.29, 1.82) is 0 Å². The van der Waals surface area contributed by atoms with Gasteiger partial charge in [0.05, 0.1) is 5.70 Å². The SMILES string of the molecule is [2H]C([2H])([2H])N(C)CCc1c[nH]c2ccc(C([2H])([2H])S(=O)(=O)NC)cc12. The lowest BCUT2D eigenvalue weighted by Crippen LogP contribution is -2.20. The number of hydrogen-bond acceptors (Lipinski definition) is 3. The average molecular weight is 300 g/mol. The lowest BCUT2D eigenvalue weighted by atomic mass is 10.1. The van der Waals surface area contributed by atoms with Crippen LogP contribution in [0.4, 0.5) is 0 Å². The molecule has 1 heterocycles. The van der Waals surface area contributed by atoms with Crippen LogP contribution in [0.5, 0.6) is 0 Å². The summed E-state index contributed by atoms with van der Waals surface area (Å²) in [4.78, 5) is 4.29. The number of fused-ring (bicyclic) bond motifs is 1. The number of aromatic amines is 1. The quantitative estimate of drug-likeness (QED) is 0.845. The van der Waals surface area contributed by atoms with Gasteiger partial charge in [0, 0.05) is 30.5 Å². The van der Waals surface area contributed by atoms with Crippen molar-refractivity contribution in [3.05, 3.63) is 35.5 Å². The molecule has 6 heteroatoms. The number of likely N-dealkylation sites (N-methyl/N-ethyl adjacent to an activating group) is 1. The Balaban J connectivity index is 2.37. The lowest BCUT2D eigenvalue weighted by molar-refractivity contribution is 0.414. The molecule has 20 heavy (non-hydrogen) atoms. The van der Waals surface area contributed by atoms with E-state index >= 15 is 0 Å². The van der Waals surface area contributed by atoms with Gasteiger partial charge in [0.1, 0.15) is 0 Å². The molecule has 2 aromatic rings. The van der Waals surface area contributed by atoms with E-state index in [1.165, 1.54) is 24.1 Å². The third kappa shape index (κ3) is 3.59. The molecule has 0 saturated carbocycles. The zero-order valence-corrected chi connectivity index (χ0v) is 12.2. The van der Waals surface area contributed by atoms with Gasteiger partial charge in [-0.3, -0.25) is 0 Å². The predicted molar refractivity (Wildman–Crippen MR) is 82.2 cm³/mol. The molecule has 0 amide bonds. The second kappa shape index (κ2) is 5.95. The smallest absolute Gasteiger partial charge is 0.215 e. The van der Waals surface area contributed by atoms with E-state index in [4.69, 9.17) is 6.85 Å². The van der Waals surface area contributed by atoms with Crippen LogP contribution in [-0.2, 0) is 22.1 Å². The normalized spacial score (nSPS) is 17.4.